The lowest BCUT2D eigenvalue weighted by Gasteiger charge is -2.23. The summed E-state index contributed by atoms with van der Waals surface area (Å²) in [5.41, 5.74) is 3.15. The van der Waals surface area contributed by atoms with Gasteiger partial charge in [-0.2, -0.15) is 0 Å². The molecule has 44 heavy (non-hydrogen) atoms. The fourth-order valence-electron chi connectivity index (χ4n) is 4.70. The van der Waals surface area contributed by atoms with E-state index in [1.54, 1.807) is 42.5 Å². The molecule has 1 unspecified atom stereocenters. The monoisotopic (exact) mass is 649 g/mol. The topological polar surface area (TPSA) is 102 Å². The number of hydrogen-bond donors (Lipinski definition) is 1. The van der Waals surface area contributed by atoms with Crippen LogP contribution < -0.4 is 14.4 Å². The number of aromatic nitrogens is 2. The number of carbonyl (C=O) groups excluding carboxylic acids is 2. The first kappa shape index (κ1) is 31.6. The maximum atomic E-state index is 13.6. The normalized spacial score (nSPS) is 16.0. The number of unbranched alkanes of at least 4 members (excludes halogenated alkanes) is 1. The van der Waals surface area contributed by atoms with Gasteiger partial charge in [0.25, 0.3) is 5.78 Å². The van der Waals surface area contributed by atoms with E-state index in [1.165, 1.54) is 33.6 Å². The molecule has 0 bridgehead atoms. The molecule has 0 saturated carbocycles. The number of thioether (sulfide) groups is 1. The second-order valence-electron chi connectivity index (χ2n) is 10.1. The number of Topliss-reactive ketones (excluding diaryl/α,β-unsaturated/α-hetero) is 1. The van der Waals surface area contributed by atoms with Crippen LogP contribution in [0.2, 0.25) is 5.02 Å². The van der Waals surface area contributed by atoms with E-state index in [0.29, 0.717) is 51.0 Å². The molecular weight excluding hydrogens is 618 g/mol. The highest BCUT2D eigenvalue weighted by Gasteiger charge is 2.48. The molecule has 3 aromatic carbocycles. The van der Waals surface area contributed by atoms with Crippen LogP contribution in [0.1, 0.15) is 55.0 Å². The largest absolute Gasteiger partial charge is 0.507 e. The van der Waals surface area contributed by atoms with E-state index in [-0.39, 0.29) is 16.5 Å². The zero-order valence-corrected chi connectivity index (χ0v) is 27.0. The number of carbonyl (C=O) groups is 2. The van der Waals surface area contributed by atoms with Crippen molar-refractivity contribution in [1.29, 1.82) is 0 Å². The summed E-state index contributed by atoms with van der Waals surface area (Å²) < 4.78 is 12.5. The van der Waals surface area contributed by atoms with Crippen molar-refractivity contribution in [3.8, 4) is 11.5 Å². The van der Waals surface area contributed by atoms with Crippen LogP contribution in [-0.4, -0.2) is 40.2 Å². The van der Waals surface area contributed by atoms with E-state index in [4.69, 9.17) is 21.1 Å². The number of anilines is 1. The number of benzene rings is 3. The second kappa shape index (κ2) is 14.3. The van der Waals surface area contributed by atoms with Crippen molar-refractivity contribution >= 4 is 57.3 Å². The third-order valence-electron chi connectivity index (χ3n) is 6.99. The number of aryl methyl sites for hydroxylation is 1. The lowest BCUT2D eigenvalue weighted by molar-refractivity contribution is -0.132. The lowest BCUT2D eigenvalue weighted by atomic mass is 9.95. The number of amides is 1. The van der Waals surface area contributed by atoms with Gasteiger partial charge < -0.3 is 14.6 Å². The Bertz CT molecular complexity index is 1670. The predicted octanol–water partition coefficient (Wildman–Crippen LogP) is 8.00. The summed E-state index contributed by atoms with van der Waals surface area (Å²) in [6.07, 6.45) is 1.87. The highest BCUT2D eigenvalue weighted by Crippen LogP contribution is 2.45. The molecular formula is C33H32ClN3O5S2. The highest BCUT2D eigenvalue weighted by atomic mass is 35.5. The summed E-state index contributed by atoms with van der Waals surface area (Å²) in [6.45, 7) is 6.90. The van der Waals surface area contributed by atoms with Gasteiger partial charge in [0.15, 0.2) is 15.8 Å². The van der Waals surface area contributed by atoms with Crippen molar-refractivity contribution in [2.75, 3.05) is 18.1 Å². The standard InChI is InChI=1S/C33H32ClN3O5S2/c1-4-6-17-42-25-16-13-23(18-26(25)41-5-2)28-27(29(38)22-11-14-24(34)15-12-22)30(39)31(40)37(28)32-35-36-33(44-32)43-19-21-9-7-20(3)8-10-21/h7-16,18,28,38H,4-6,17,19H2,1-3H3. The molecule has 2 heterocycles. The summed E-state index contributed by atoms with van der Waals surface area (Å²) in [5, 5.41) is 20.8. The Labute approximate surface area is 269 Å². The Hall–Kier alpha value is -3.86. The van der Waals surface area contributed by atoms with Gasteiger partial charge >= 0.3 is 5.91 Å². The number of ketones is 1. The summed E-state index contributed by atoms with van der Waals surface area (Å²) in [7, 11) is 0. The molecule has 8 nitrogen and oxygen atoms in total. The molecule has 1 amide bonds. The van der Waals surface area contributed by atoms with Gasteiger partial charge in [-0.05, 0) is 67.8 Å². The molecule has 0 spiro atoms. The minimum Gasteiger partial charge on any atom is -0.507 e. The third-order valence-corrected chi connectivity index (χ3v) is 9.36. The predicted molar refractivity (Wildman–Crippen MR) is 175 cm³/mol. The fraction of sp³-hybridized carbons (Fsp3) is 0.273. The minimum atomic E-state index is -0.988. The molecule has 1 fully saturated rings. The first-order valence-corrected chi connectivity index (χ1v) is 16.5. The Morgan fingerprint density at radius 1 is 1.00 bits per heavy atom. The molecule has 228 valence electrons. The van der Waals surface area contributed by atoms with Crippen molar-refractivity contribution in [2.45, 2.75) is 49.7 Å². The first-order valence-electron chi connectivity index (χ1n) is 14.3. The van der Waals surface area contributed by atoms with E-state index in [1.807, 2.05) is 13.8 Å². The highest BCUT2D eigenvalue weighted by molar-refractivity contribution is 8.00. The van der Waals surface area contributed by atoms with E-state index >= 15 is 0 Å². The molecule has 5 rings (SSSR count). The molecule has 1 saturated heterocycles. The average Bonchev–Trinajstić information content (AvgIpc) is 3.59. The summed E-state index contributed by atoms with van der Waals surface area (Å²) >= 11 is 8.78. The van der Waals surface area contributed by atoms with Crippen molar-refractivity contribution < 1.29 is 24.2 Å². The van der Waals surface area contributed by atoms with Crippen LogP contribution in [0.25, 0.3) is 5.76 Å². The zero-order chi connectivity index (χ0) is 31.2. The van der Waals surface area contributed by atoms with Crippen molar-refractivity contribution in [3.63, 3.8) is 0 Å². The number of rotatable bonds is 12. The number of aliphatic hydroxyl groups is 1. The smallest absolute Gasteiger partial charge is 0.301 e. The van der Waals surface area contributed by atoms with Gasteiger partial charge in [0.2, 0.25) is 5.13 Å². The summed E-state index contributed by atoms with van der Waals surface area (Å²) in [5.74, 6) is -0.238. The van der Waals surface area contributed by atoms with E-state index < -0.39 is 17.7 Å². The molecule has 4 aromatic rings. The number of halogens is 1. The molecule has 0 aliphatic carbocycles. The van der Waals surface area contributed by atoms with Crippen LogP contribution in [0, 0.1) is 6.92 Å². The van der Waals surface area contributed by atoms with Crippen molar-refractivity contribution in [3.05, 3.63) is 99.6 Å². The quantitative estimate of drug-likeness (QED) is 0.0411. The Morgan fingerprint density at radius 2 is 1.75 bits per heavy atom. The maximum Gasteiger partial charge on any atom is 0.301 e. The molecule has 1 N–H and O–H groups in total. The van der Waals surface area contributed by atoms with Gasteiger partial charge in [0, 0.05) is 16.3 Å². The average molecular weight is 650 g/mol. The molecule has 1 aromatic heterocycles. The first-order chi connectivity index (χ1) is 21.3. The van der Waals surface area contributed by atoms with E-state index in [9.17, 15) is 14.7 Å². The fourth-order valence-corrected chi connectivity index (χ4v) is 6.65. The van der Waals surface area contributed by atoms with Gasteiger partial charge in [0.05, 0.1) is 24.8 Å². The third kappa shape index (κ3) is 6.93. The minimum absolute atomic E-state index is 0.0662. The molecule has 1 atom stereocenters. The van der Waals surface area contributed by atoms with E-state index in [0.717, 1.165) is 18.4 Å². The second-order valence-corrected chi connectivity index (χ2v) is 12.8. The number of ether oxygens (including phenoxy) is 2. The lowest BCUT2D eigenvalue weighted by Crippen LogP contribution is -2.29. The Morgan fingerprint density at radius 3 is 2.45 bits per heavy atom. The number of hydrogen-bond acceptors (Lipinski definition) is 9. The van der Waals surface area contributed by atoms with Gasteiger partial charge in [0.1, 0.15) is 5.76 Å². The van der Waals surface area contributed by atoms with Crippen LogP contribution in [0.3, 0.4) is 0 Å². The van der Waals surface area contributed by atoms with Crippen LogP contribution >= 0.6 is 34.7 Å². The van der Waals surface area contributed by atoms with Gasteiger partial charge in [-0.3, -0.25) is 14.5 Å². The Kier molecular flexibility index (Phi) is 10.2. The summed E-state index contributed by atoms with van der Waals surface area (Å²) in [4.78, 5) is 28.6. The number of aliphatic hydroxyl groups excluding tert-OH is 1. The zero-order valence-electron chi connectivity index (χ0n) is 24.6. The van der Waals surface area contributed by atoms with Gasteiger partial charge in [-0.1, -0.05) is 83.9 Å². The van der Waals surface area contributed by atoms with E-state index in [2.05, 4.69) is 41.4 Å². The van der Waals surface area contributed by atoms with Gasteiger partial charge in [-0.15, -0.1) is 10.2 Å². The van der Waals surface area contributed by atoms with Crippen LogP contribution in [0.5, 0.6) is 11.5 Å². The SMILES string of the molecule is CCCCOc1ccc(C2C(=C(O)c3ccc(Cl)cc3)C(=O)C(=O)N2c2nnc(SCc3ccc(C)cc3)s2)cc1OCC. The maximum absolute atomic E-state index is 13.6. The number of nitrogens with zero attached hydrogens (tertiary/aromatic N) is 3. The van der Waals surface area contributed by atoms with Crippen LogP contribution in [0.15, 0.2) is 76.6 Å². The molecule has 1 aliphatic heterocycles. The Balaban J connectivity index is 1.56. The van der Waals surface area contributed by atoms with Gasteiger partial charge in [-0.25, -0.2) is 0 Å². The van der Waals surface area contributed by atoms with Crippen LogP contribution in [0.4, 0.5) is 5.13 Å². The summed E-state index contributed by atoms with van der Waals surface area (Å²) in [6, 6.07) is 18.9. The molecule has 0 radical (unpaired) electrons. The molecule has 1 aliphatic rings. The van der Waals surface area contributed by atoms with Crippen LogP contribution in [-0.2, 0) is 15.3 Å². The van der Waals surface area contributed by atoms with Crippen molar-refractivity contribution in [2.24, 2.45) is 0 Å². The molecule has 11 heteroatoms. The van der Waals surface area contributed by atoms with Crippen molar-refractivity contribution in [1.82, 2.24) is 10.2 Å².